The third kappa shape index (κ3) is 5.38. The molecule has 0 aromatic carbocycles. The van der Waals surface area contributed by atoms with Gasteiger partial charge in [-0.15, -0.1) is 0 Å². The number of methoxy groups -OCH3 is 1. The Kier molecular flexibility index (Phi) is 7.68. The molecule has 0 aliphatic carbocycles. The van der Waals surface area contributed by atoms with Crippen molar-refractivity contribution in [1.82, 2.24) is 44.1 Å². The molecule has 4 aromatic heterocycles. The Hall–Kier alpha value is -3.47. The van der Waals surface area contributed by atoms with E-state index < -0.39 is 83.4 Å². The predicted octanol–water partition coefficient (Wildman–Crippen LogP) is -1.14. The molecule has 0 amide bonds. The number of phosphoric ester groups is 1. The SMILES string of the molecule is COC1C2COP(=O)(O)OC3C(CNP(=O)(O)OC1C(n1cnc4c(=O)[nH]c(N)nc41)O2)OC(n1cnc2c(N)ncnc21)C3F. The van der Waals surface area contributed by atoms with Gasteiger partial charge in [-0.25, -0.2) is 38.5 Å². The number of halogens is 1. The van der Waals surface area contributed by atoms with Crippen molar-refractivity contribution in [3.05, 3.63) is 29.3 Å². The number of nitrogens with two attached hydrogens (primary N) is 2. The van der Waals surface area contributed by atoms with Crippen molar-refractivity contribution >= 4 is 49.7 Å². The van der Waals surface area contributed by atoms with E-state index in [1.807, 2.05) is 0 Å². The molecule has 7 heterocycles. The summed E-state index contributed by atoms with van der Waals surface area (Å²) in [4.78, 5) is 56.3. The number of hydrogen-bond acceptors (Lipinski definition) is 16. The highest BCUT2D eigenvalue weighted by Gasteiger charge is 2.54. The Morgan fingerprint density at radius 2 is 1.72 bits per heavy atom. The van der Waals surface area contributed by atoms with Gasteiger partial charge in [-0.2, -0.15) is 4.98 Å². The Morgan fingerprint density at radius 3 is 2.48 bits per heavy atom. The standard InChI is InChI=1S/C21H26FN11O11P2/c1-39-13-8-3-40-46(37,38)44-12-7(41-19(9(12)22)32-5-27-10-15(23)25-4-26-16(10)32)2-29-45(35,36)43-14(13)20(42-8)33-6-28-11-17(33)30-21(24)31-18(11)34/h4-9,12-14,19-20H,2-3H2,1H3,(H,37,38)(H2,23,25,26)(H2,29,35,36)(H3,24,30,31,34). The first kappa shape index (κ1) is 31.1. The minimum absolute atomic E-state index is 0.0171. The van der Waals surface area contributed by atoms with Crippen molar-refractivity contribution in [1.29, 1.82) is 0 Å². The first-order valence-electron chi connectivity index (χ1n) is 13.4. The third-order valence-electron chi connectivity index (χ3n) is 7.62. The minimum atomic E-state index is -5.07. The average Bonchev–Trinajstić information content (AvgIpc) is 3.75. The Morgan fingerprint density at radius 1 is 1.00 bits per heavy atom. The highest BCUT2D eigenvalue weighted by atomic mass is 31.2. The number of anilines is 2. The van der Waals surface area contributed by atoms with E-state index in [1.54, 1.807) is 0 Å². The molecule has 3 saturated heterocycles. The lowest BCUT2D eigenvalue weighted by molar-refractivity contribution is -0.0577. The van der Waals surface area contributed by atoms with Crippen LogP contribution in [0.5, 0.6) is 0 Å². The summed E-state index contributed by atoms with van der Waals surface area (Å²) in [6, 6.07) is 0. The van der Waals surface area contributed by atoms with Crippen LogP contribution in [-0.2, 0) is 36.9 Å². The molecule has 3 aliphatic rings. The van der Waals surface area contributed by atoms with Crippen LogP contribution < -0.4 is 22.1 Å². The molecule has 8 N–H and O–H groups in total. The number of imidazole rings is 2. The van der Waals surface area contributed by atoms with Crippen molar-refractivity contribution in [3.63, 3.8) is 0 Å². The van der Waals surface area contributed by atoms with E-state index in [2.05, 4.69) is 35.0 Å². The number of fused-ring (bicyclic) bond motifs is 5. The van der Waals surface area contributed by atoms with Gasteiger partial charge < -0.3 is 35.5 Å². The van der Waals surface area contributed by atoms with Gasteiger partial charge >= 0.3 is 15.6 Å². The van der Waals surface area contributed by atoms with Crippen LogP contribution in [0.3, 0.4) is 0 Å². The van der Waals surface area contributed by atoms with Crippen LogP contribution in [0, 0.1) is 0 Å². The third-order valence-corrected chi connectivity index (χ3v) is 9.72. The fourth-order valence-electron chi connectivity index (χ4n) is 5.62. The second kappa shape index (κ2) is 11.3. The van der Waals surface area contributed by atoms with Crippen LogP contribution in [0.4, 0.5) is 16.2 Å². The van der Waals surface area contributed by atoms with Gasteiger partial charge in [-0.3, -0.25) is 32.5 Å². The van der Waals surface area contributed by atoms with Crippen molar-refractivity contribution < 1.29 is 51.1 Å². The van der Waals surface area contributed by atoms with Gasteiger partial charge in [-0.05, 0) is 0 Å². The number of nitrogen functional groups attached to an aromatic ring is 2. The molecule has 2 bridgehead atoms. The van der Waals surface area contributed by atoms with Crippen molar-refractivity contribution in [3.8, 4) is 0 Å². The topological polar surface area (TPSA) is 301 Å². The molecule has 7 rings (SSSR count). The molecule has 0 saturated carbocycles. The quantitative estimate of drug-likeness (QED) is 0.139. The number of ether oxygens (including phenoxy) is 3. The van der Waals surface area contributed by atoms with E-state index in [4.69, 9.17) is 39.2 Å². The molecule has 22 nitrogen and oxygen atoms in total. The van der Waals surface area contributed by atoms with E-state index in [-0.39, 0.29) is 34.1 Å². The number of nitrogens with zero attached hydrogens (tertiary/aromatic N) is 7. The summed E-state index contributed by atoms with van der Waals surface area (Å²) in [5.74, 6) is -0.230. The Bertz CT molecular complexity index is 1960. The summed E-state index contributed by atoms with van der Waals surface area (Å²) < 4.78 is 78.3. The van der Waals surface area contributed by atoms with Crippen LogP contribution in [0.15, 0.2) is 23.8 Å². The average molecular weight is 689 g/mol. The van der Waals surface area contributed by atoms with E-state index >= 15 is 4.39 Å². The Labute approximate surface area is 255 Å². The molecule has 10 atom stereocenters. The Balaban J connectivity index is 1.22. The number of aromatic nitrogens is 8. The van der Waals surface area contributed by atoms with Gasteiger partial charge in [0.25, 0.3) is 5.56 Å². The van der Waals surface area contributed by atoms with Gasteiger partial charge in [0, 0.05) is 13.7 Å². The van der Waals surface area contributed by atoms with Crippen molar-refractivity contribution in [2.45, 2.75) is 49.1 Å². The van der Waals surface area contributed by atoms with E-state index in [1.165, 1.54) is 28.9 Å². The molecule has 248 valence electrons. The predicted molar refractivity (Wildman–Crippen MR) is 149 cm³/mol. The molecule has 3 aliphatic heterocycles. The lowest BCUT2D eigenvalue weighted by Crippen LogP contribution is -2.39. The molecule has 0 spiro atoms. The van der Waals surface area contributed by atoms with Gasteiger partial charge in [0.1, 0.15) is 42.4 Å². The van der Waals surface area contributed by atoms with Gasteiger partial charge in [0.05, 0.1) is 19.3 Å². The number of rotatable bonds is 3. The number of H-pyrrole nitrogens is 1. The summed E-state index contributed by atoms with van der Waals surface area (Å²) in [5.41, 5.74) is 10.9. The van der Waals surface area contributed by atoms with E-state index in [9.17, 15) is 23.7 Å². The minimum Gasteiger partial charge on any atom is -0.382 e. The number of alkyl halides is 1. The zero-order valence-corrected chi connectivity index (χ0v) is 25.2. The summed E-state index contributed by atoms with van der Waals surface area (Å²) in [7, 11) is -8.67. The maximum absolute atomic E-state index is 16.0. The van der Waals surface area contributed by atoms with Crippen molar-refractivity contribution in [2.24, 2.45) is 0 Å². The first-order valence-corrected chi connectivity index (χ1v) is 16.5. The summed E-state index contributed by atoms with van der Waals surface area (Å²) >= 11 is 0. The molecule has 3 fully saturated rings. The molecule has 4 aromatic rings. The van der Waals surface area contributed by atoms with Crippen LogP contribution in [0.1, 0.15) is 12.5 Å². The molecule has 10 unspecified atom stereocenters. The highest BCUT2D eigenvalue weighted by molar-refractivity contribution is 7.50. The summed E-state index contributed by atoms with van der Waals surface area (Å²) in [6.45, 7) is -1.32. The number of phosphoric acid groups is 1. The van der Waals surface area contributed by atoms with Crippen molar-refractivity contribution in [2.75, 3.05) is 31.7 Å². The fraction of sp³-hybridized carbons (Fsp3) is 0.524. The monoisotopic (exact) mass is 689 g/mol. The maximum atomic E-state index is 16.0. The molecule has 0 radical (unpaired) electrons. The second-order valence-corrected chi connectivity index (χ2v) is 13.4. The van der Waals surface area contributed by atoms with E-state index in [0.29, 0.717) is 0 Å². The van der Waals surface area contributed by atoms with Gasteiger partial charge in [0.15, 0.2) is 41.3 Å². The number of nitrogens with one attached hydrogen (secondary N) is 2. The van der Waals surface area contributed by atoms with Crippen LogP contribution in [0.2, 0.25) is 0 Å². The largest absolute Gasteiger partial charge is 0.472 e. The zero-order chi connectivity index (χ0) is 32.5. The molecular weight excluding hydrogens is 663 g/mol. The van der Waals surface area contributed by atoms with Crippen LogP contribution in [0.25, 0.3) is 22.3 Å². The normalized spacial score (nSPS) is 37.1. The summed E-state index contributed by atoms with van der Waals surface area (Å²) in [6.07, 6.45) is -8.68. The van der Waals surface area contributed by atoms with Crippen LogP contribution >= 0.6 is 15.6 Å². The number of aromatic amines is 1. The van der Waals surface area contributed by atoms with Crippen LogP contribution in [-0.4, -0.2) is 106 Å². The summed E-state index contributed by atoms with van der Waals surface area (Å²) in [5, 5.41) is 2.29. The second-order valence-electron chi connectivity index (χ2n) is 10.4. The fourth-order valence-corrected chi connectivity index (χ4v) is 7.61. The lowest BCUT2D eigenvalue weighted by Gasteiger charge is -2.27. The maximum Gasteiger partial charge on any atom is 0.472 e. The molecule has 46 heavy (non-hydrogen) atoms. The number of hydrogen-bond donors (Lipinski definition) is 6. The van der Waals surface area contributed by atoms with E-state index in [0.717, 1.165) is 6.33 Å². The lowest BCUT2D eigenvalue weighted by atomic mass is 10.1. The zero-order valence-electron chi connectivity index (χ0n) is 23.4. The molecule has 25 heteroatoms. The first-order chi connectivity index (χ1) is 21.9. The smallest absolute Gasteiger partial charge is 0.382 e. The molecular formula is C21H26FN11O11P2. The van der Waals surface area contributed by atoms with Gasteiger partial charge in [0.2, 0.25) is 5.95 Å². The van der Waals surface area contributed by atoms with Gasteiger partial charge in [-0.1, -0.05) is 0 Å². The highest BCUT2D eigenvalue weighted by Crippen LogP contribution is 2.52.